The van der Waals surface area contributed by atoms with Gasteiger partial charge in [-0.25, -0.2) is 0 Å². The molecule has 0 amide bonds. The van der Waals surface area contributed by atoms with Crippen LogP contribution in [0.4, 0.5) is 0 Å². The molecule has 0 bridgehead atoms. The van der Waals surface area contributed by atoms with E-state index in [1.54, 1.807) is 0 Å². The summed E-state index contributed by atoms with van der Waals surface area (Å²) in [4.78, 5) is 0. The fourth-order valence-corrected chi connectivity index (χ4v) is 1.64. The minimum absolute atomic E-state index is 0.0801. The average molecular weight is 208 g/mol. The Morgan fingerprint density at radius 1 is 1.07 bits per heavy atom. The summed E-state index contributed by atoms with van der Waals surface area (Å²) in [5, 5.41) is 4.72. The zero-order valence-electron chi connectivity index (χ0n) is 11.1. The second-order valence-corrected chi connectivity index (χ2v) is 5.89. The monoisotopic (exact) mass is 208 g/mol. The molecule has 0 aliphatic carbocycles. The Labute approximate surface area is 93.7 Å². The van der Waals surface area contributed by atoms with E-state index in [4.69, 9.17) is 5.10 Å². The van der Waals surface area contributed by atoms with Gasteiger partial charge in [-0.2, -0.15) is 5.10 Å². The third-order valence-electron chi connectivity index (χ3n) is 2.63. The van der Waals surface area contributed by atoms with Gasteiger partial charge in [0.15, 0.2) is 0 Å². The third-order valence-corrected chi connectivity index (χ3v) is 2.63. The Morgan fingerprint density at radius 2 is 1.60 bits per heavy atom. The molecule has 15 heavy (non-hydrogen) atoms. The first-order valence-electron chi connectivity index (χ1n) is 5.83. The van der Waals surface area contributed by atoms with Crippen LogP contribution in [0.1, 0.15) is 71.6 Å². The summed E-state index contributed by atoms with van der Waals surface area (Å²) in [6.07, 6.45) is 2.21. The van der Waals surface area contributed by atoms with Gasteiger partial charge in [-0.3, -0.25) is 4.68 Å². The van der Waals surface area contributed by atoms with E-state index in [2.05, 4.69) is 59.3 Å². The maximum Gasteiger partial charge on any atom is 0.0684 e. The fraction of sp³-hybridized carbons (Fsp3) is 0.769. The van der Waals surface area contributed by atoms with E-state index in [0.717, 1.165) is 0 Å². The summed E-state index contributed by atoms with van der Waals surface area (Å²) in [5.74, 6) is 1.06. The Bertz CT molecular complexity index is 301. The lowest BCUT2D eigenvalue weighted by Gasteiger charge is -2.19. The zero-order valence-corrected chi connectivity index (χ0v) is 11.1. The highest BCUT2D eigenvalue weighted by molar-refractivity contribution is 5.24. The second kappa shape index (κ2) is 3.99. The number of hydrogen-bond acceptors (Lipinski definition) is 1. The topological polar surface area (TPSA) is 17.8 Å². The van der Waals surface area contributed by atoms with Crippen LogP contribution >= 0.6 is 0 Å². The lowest BCUT2D eigenvalue weighted by atomic mass is 9.98. The van der Waals surface area contributed by atoms with E-state index < -0.39 is 0 Å². The summed E-state index contributed by atoms with van der Waals surface area (Å²) in [5.41, 5.74) is 2.72. The molecule has 0 atom stereocenters. The molecule has 0 aliphatic rings. The van der Waals surface area contributed by atoms with Crippen LogP contribution in [0.2, 0.25) is 0 Å². The summed E-state index contributed by atoms with van der Waals surface area (Å²) >= 11 is 0. The first kappa shape index (κ1) is 12.3. The first-order chi connectivity index (χ1) is 6.73. The molecule has 1 rings (SSSR count). The molecule has 1 aromatic rings. The summed E-state index contributed by atoms with van der Waals surface area (Å²) in [7, 11) is 0. The van der Waals surface area contributed by atoms with E-state index in [9.17, 15) is 0 Å². The Hall–Kier alpha value is -0.790. The van der Waals surface area contributed by atoms with Gasteiger partial charge >= 0.3 is 0 Å². The van der Waals surface area contributed by atoms with Gasteiger partial charge in [-0.05, 0) is 38.2 Å². The second-order valence-electron chi connectivity index (χ2n) is 5.89. The number of hydrogen-bond donors (Lipinski definition) is 0. The molecule has 86 valence electrons. The van der Waals surface area contributed by atoms with Crippen molar-refractivity contribution in [3.05, 3.63) is 17.5 Å². The highest BCUT2D eigenvalue weighted by Crippen LogP contribution is 2.27. The maximum absolute atomic E-state index is 4.72. The molecule has 0 radical (unpaired) electrons. The number of rotatable bonds is 2. The van der Waals surface area contributed by atoms with Gasteiger partial charge in [0.1, 0.15) is 0 Å². The van der Waals surface area contributed by atoms with Gasteiger partial charge in [0.25, 0.3) is 0 Å². The van der Waals surface area contributed by atoms with Crippen molar-refractivity contribution in [2.24, 2.45) is 0 Å². The van der Waals surface area contributed by atoms with Crippen LogP contribution in [0.15, 0.2) is 6.20 Å². The molecule has 2 nitrogen and oxygen atoms in total. The van der Waals surface area contributed by atoms with Crippen molar-refractivity contribution >= 4 is 0 Å². The molecular weight excluding hydrogens is 184 g/mol. The van der Waals surface area contributed by atoms with Crippen molar-refractivity contribution in [3.8, 4) is 0 Å². The van der Waals surface area contributed by atoms with Crippen molar-refractivity contribution < 1.29 is 0 Å². The highest BCUT2D eigenvalue weighted by atomic mass is 15.3. The van der Waals surface area contributed by atoms with Gasteiger partial charge in [0, 0.05) is 6.20 Å². The predicted octanol–water partition coefficient (Wildman–Crippen LogP) is 3.88. The minimum Gasteiger partial charge on any atom is -0.267 e. The van der Waals surface area contributed by atoms with Crippen LogP contribution in [-0.2, 0) is 5.54 Å². The Morgan fingerprint density at radius 3 is 1.87 bits per heavy atom. The van der Waals surface area contributed by atoms with Crippen LogP contribution in [0.3, 0.4) is 0 Å². The normalized spacial score (nSPS) is 12.9. The van der Waals surface area contributed by atoms with E-state index in [1.165, 1.54) is 11.3 Å². The smallest absolute Gasteiger partial charge is 0.0684 e. The van der Waals surface area contributed by atoms with Gasteiger partial charge < -0.3 is 0 Å². The molecule has 0 unspecified atom stereocenters. The quantitative estimate of drug-likeness (QED) is 0.721. The van der Waals surface area contributed by atoms with Crippen LogP contribution in [0.5, 0.6) is 0 Å². The van der Waals surface area contributed by atoms with Crippen LogP contribution in [-0.4, -0.2) is 9.78 Å². The van der Waals surface area contributed by atoms with Gasteiger partial charge in [0.2, 0.25) is 0 Å². The van der Waals surface area contributed by atoms with Crippen molar-refractivity contribution in [2.75, 3.05) is 0 Å². The molecule has 0 N–H and O–H groups in total. The van der Waals surface area contributed by atoms with E-state index in [1.807, 2.05) is 0 Å². The molecular formula is C13H24N2. The van der Waals surface area contributed by atoms with Crippen molar-refractivity contribution in [3.63, 3.8) is 0 Å². The molecule has 1 heterocycles. The molecule has 0 aliphatic heterocycles. The lowest BCUT2D eigenvalue weighted by molar-refractivity contribution is 0.352. The molecule has 0 saturated heterocycles. The predicted molar refractivity (Wildman–Crippen MR) is 65.4 cm³/mol. The molecule has 1 aromatic heterocycles. The van der Waals surface area contributed by atoms with Crippen molar-refractivity contribution in [1.29, 1.82) is 0 Å². The summed E-state index contributed by atoms with van der Waals surface area (Å²) in [6, 6.07) is 0. The van der Waals surface area contributed by atoms with Gasteiger partial charge in [-0.15, -0.1) is 0 Å². The van der Waals surface area contributed by atoms with Crippen LogP contribution < -0.4 is 0 Å². The Balaban J connectivity index is 3.21. The molecule has 0 aromatic carbocycles. The first-order valence-corrected chi connectivity index (χ1v) is 5.83. The Kier molecular flexibility index (Phi) is 3.27. The van der Waals surface area contributed by atoms with Crippen LogP contribution in [0, 0.1) is 0 Å². The van der Waals surface area contributed by atoms with Crippen LogP contribution in [0.25, 0.3) is 0 Å². The van der Waals surface area contributed by atoms with Crippen molar-refractivity contribution in [2.45, 2.75) is 65.8 Å². The zero-order chi connectivity index (χ0) is 11.8. The maximum atomic E-state index is 4.72. The minimum atomic E-state index is 0.0801. The third kappa shape index (κ3) is 2.61. The molecule has 0 saturated carbocycles. The lowest BCUT2D eigenvalue weighted by Crippen LogP contribution is -2.22. The van der Waals surface area contributed by atoms with E-state index in [-0.39, 0.29) is 5.54 Å². The number of nitrogens with zero attached hydrogens (tertiary/aromatic N) is 2. The fourth-order valence-electron chi connectivity index (χ4n) is 1.64. The molecule has 0 spiro atoms. The van der Waals surface area contributed by atoms with E-state index in [0.29, 0.717) is 11.8 Å². The van der Waals surface area contributed by atoms with Crippen molar-refractivity contribution in [1.82, 2.24) is 9.78 Å². The standard InChI is InChI=1S/C13H24N2/c1-9(2)11-8-15(13(5,6)7)14-12(11)10(3)4/h8-10H,1-7H3. The summed E-state index contributed by atoms with van der Waals surface area (Å²) in [6.45, 7) is 15.4. The average Bonchev–Trinajstić information content (AvgIpc) is 2.45. The van der Waals surface area contributed by atoms with Gasteiger partial charge in [0.05, 0.1) is 11.2 Å². The largest absolute Gasteiger partial charge is 0.267 e. The van der Waals surface area contributed by atoms with Gasteiger partial charge in [-0.1, -0.05) is 27.7 Å². The number of aromatic nitrogens is 2. The summed E-state index contributed by atoms with van der Waals surface area (Å²) < 4.78 is 2.09. The molecule has 0 fully saturated rings. The highest BCUT2D eigenvalue weighted by Gasteiger charge is 2.20. The SMILES string of the molecule is CC(C)c1cn(C(C)(C)C)nc1C(C)C. The molecule has 2 heteroatoms. The van der Waals surface area contributed by atoms with E-state index >= 15 is 0 Å².